The molecule has 0 spiro atoms. The molecule has 0 unspecified atom stereocenters. The van der Waals surface area contributed by atoms with Gasteiger partial charge in [-0.2, -0.15) is 0 Å². The Kier molecular flexibility index (Phi) is 5.44. The number of hydrogen-bond acceptors (Lipinski definition) is 3. The number of nitrogens with one attached hydrogen (secondary N) is 1. The molecule has 1 amide bonds. The van der Waals surface area contributed by atoms with Crippen LogP contribution in [0.2, 0.25) is 0 Å². The van der Waals surface area contributed by atoms with E-state index in [4.69, 9.17) is 0 Å². The second kappa shape index (κ2) is 7.31. The SMILES string of the molecule is CCCNC(=O)CSc1nccn1-c1ccc(C)cc1C. The molecular formula is C16H21N3OS. The molecule has 1 N–H and O–H groups in total. The molecule has 0 aliphatic heterocycles. The normalized spacial score (nSPS) is 10.6. The first kappa shape index (κ1) is 15.6. The van der Waals surface area contributed by atoms with Crippen molar-refractivity contribution in [2.24, 2.45) is 0 Å². The molecular weight excluding hydrogens is 282 g/mol. The van der Waals surface area contributed by atoms with Crippen LogP contribution in [0, 0.1) is 13.8 Å². The third kappa shape index (κ3) is 4.11. The largest absolute Gasteiger partial charge is 0.355 e. The number of amides is 1. The van der Waals surface area contributed by atoms with Crippen molar-refractivity contribution in [1.82, 2.24) is 14.9 Å². The van der Waals surface area contributed by atoms with Gasteiger partial charge in [0.1, 0.15) is 0 Å². The van der Waals surface area contributed by atoms with Crippen LogP contribution in [-0.4, -0.2) is 27.8 Å². The van der Waals surface area contributed by atoms with E-state index in [1.54, 1.807) is 6.20 Å². The van der Waals surface area contributed by atoms with Gasteiger partial charge in [0.15, 0.2) is 5.16 Å². The minimum absolute atomic E-state index is 0.0528. The molecule has 1 aromatic carbocycles. The van der Waals surface area contributed by atoms with E-state index in [-0.39, 0.29) is 5.91 Å². The summed E-state index contributed by atoms with van der Waals surface area (Å²) in [4.78, 5) is 16.0. The summed E-state index contributed by atoms with van der Waals surface area (Å²) in [5.74, 6) is 0.444. The predicted octanol–water partition coefficient (Wildman–Crippen LogP) is 3.11. The highest BCUT2D eigenvalue weighted by molar-refractivity contribution is 7.99. The van der Waals surface area contributed by atoms with Crippen LogP contribution >= 0.6 is 11.8 Å². The average Bonchev–Trinajstić information content (AvgIpc) is 2.91. The summed E-state index contributed by atoms with van der Waals surface area (Å²) in [5.41, 5.74) is 3.55. The molecule has 0 bridgehead atoms. The van der Waals surface area contributed by atoms with Crippen LogP contribution in [-0.2, 0) is 4.79 Å². The maximum atomic E-state index is 11.7. The van der Waals surface area contributed by atoms with Gasteiger partial charge in [0, 0.05) is 18.9 Å². The lowest BCUT2D eigenvalue weighted by atomic mass is 10.1. The molecule has 1 heterocycles. The second-order valence-corrected chi connectivity index (χ2v) is 5.95. The number of benzene rings is 1. The zero-order valence-corrected chi connectivity index (χ0v) is 13.5. The van der Waals surface area contributed by atoms with Crippen molar-refractivity contribution >= 4 is 17.7 Å². The van der Waals surface area contributed by atoms with Gasteiger partial charge in [0.25, 0.3) is 0 Å². The number of nitrogens with zero attached hydrogens (tertiary/aromatic N) is 2. The Labute approximate surface area is 130 Å². The Morgan fingerprint density at radius 2 is 2.19 bits per heavy atom. The predicted molar refractivity (Wildman–Crippen MR) is 87.1 cm³/mol. The lowest BCUT2D eigenvalue weighted by Gasteiger charge is -2.11. The molecule has 0 saturated heterocycles. The van der Waals surface area contributed by atoms with Gasteiger partial charge in [0.2, 0.25) is 5.91 Å². The standard InChI is InChI=1S/C16H21N3OS/c1-4-7-17-15(20)11-21-16-18-8-9-19(16)14-6-5-12(2)10-13(14)3/h5-6,8-10H,4,7,11H2,1-3H3,(H,17,20). The summed E-state index contributed by atoms with van der Waals surface area (Å²) in [6.07, 6.45) is 4.66. The van der Waals surface area contributed by atoms with Gasteiger partial charge in [0.05, 0.1) is 11.4 Å². The molecule has 1 aromatic heterocycles. The minimum atomic E-state index is 0.0528. The Balaban J connectivity index is 2.10. The fourth-order valence-electron chi connectivity index (χ4n) is 2.10. The Bertz CT molecular complexity index is 622. The van der Waals surface area contributed by atoms with Crippen LogP contribution in [0.4, 0.5) is 0 Å². The van der Waals surface area contributed by atoms with E-state index in [0.717, 1.165) is 23.8 Å². The van der Waals surface area contributed by atoms with Crippen molar-refractivity contribution in [3.63, 3.8) is 0 Å². The van der Waals surface area contributed by atoms with Crippen LogP contribution in [0.5, 0.6) is 0 Å². The third-order valence-electron chi connectivity index (χ3n) is 3.12. The molecule has 2 rings (SSSR count). The van der Waals surface area contributed by atoms with E-state index >= 15 is 0 Å². The summed E-state index contributed by atoms with van der Waals surface area (Å²) < 4.78 is 2.03. The van der Waals surface area contributed by atoms with Gasteiger partial charge in [-0.25, -0.2) is 4.98 Å². The van der Waals surface area contributed by atoms with Crippen LogP contribution < -0.4 is 5.32 Å². The molecule has 4 nitrogen and oxygen atoms in total. The van der Waals surface area contributed by atoms with E-state index in [1.807, 2.05) is 17.7 Å². The molecule has 0 aliphatic rings. The zero-order chi connectivity index (χ0) is 15.2. The smallest absolute Gasteiger partial charge is 0.230 e. The third-order valence-corrected chi connectivity index (χ3v) is 4.09. The van der Waals surface area contributed by atoms with Crippen molar-refractivity contribution in [2.75, 3.05) is 12.3 Å². The number of imidazole rings is 1. The summed E-state index contributed by atoms with van der Waals surface area (Å²) in [6.45, 7) is 6.94. The van der Waals surface area contributed by atoms with Crippen molar-refractivity contribution in [3.8, 4) is 5.69 Å². The fraction of sp³-hybridized carbons (Fsp3) is 0.375. The highest BCUT2D eigenvalue weighted by atomic mass is 32.2. The van der Waals surface area contributed by atoms with Gasteiger partial charge in [-0.1, -0.05) is 36.4 Å². The average molecular weight is 303 g/mol. The summed E-state index contributed by atoms with van der Waals surface area (Å²) in [5, 5.41) is 3.72. The first-order chi connectivity index (χ1) is 10.1. The molecule has 0 aliphatic carbocycles. The number of rotatable bonds is 6. The highest BCUT2D eigenvalue weighted by Gasteiger charge is 2.10. The van der Waals surface area contributed by atoms with Crippen molar-refractivity contribution in [2.45, 2.75) is 32.3 Å². The van der Waals surface area contributed by atoms with Gasteiger partial charge >= 0.3 is 0 Å². The Hall–Kier alpha value is -1.75. The van der Waals surface area contributed by atoms with E-state index in [0.29, 0.717) is 5.75 Å². The van der Waals surface area contributed by atoms with Crippen molar-refractivity contribution in [3.05, 3.63) is 41.7 Å². The lowest BCUT2D eigenvalue weighted by molar-refractivity contribution is -0.118. The van der Waals surface area contributed by atoms with Crippen LogP contribution in [0.1, 0.15) is 24.5 Å². The molecule has 2 aromatic rings. The number of thioether (sulfide) groups is 1. The second-order valence-electron chi connectivity index (χ2n) is 5.01. The quantitative estimate of drug-likeness (QED) is 0.834. The molecule has 112 valence electrons. The summed E-state index contributed by atoms with van der Waals surface area (Å²) in [7, 11) is 0. The van der Waals surface area contributed by atoms with E-state index in [2.05, 4.69) is 42.3 Å². The van der Waals surface area contributed by atoms with E-state index < -0.39 is 0 Å². The summed E-state index contributed by atoms with van der Waals surface area (Å²) >= 11 is 1.46. The maximum Gasteiger partial charge on any atom is 0.230 e. The van der Waals surface area contributed by atoms with Crippen molar-refractivity contribution in [1.29, 1.82) is 0 Å². The minimum Gasteiger partial charge on any atom is -0.355 e. The monoisotopic (exact) mass is 303 g/mol. The first-order valence-electron chi connectivity index (χ1n) is 7.12. The van der Waals surface area contributed by atoms with Gasteiger partial charge in [-0.05, 0) is 31.9 Å². The Morgan fingerprint density at radius 3 is 2.90 bits per heavy atom. The number of hydrogen-bond donors (Lipinski definition) is 1. The van der Waals surface area contributed by atoms with Crippen LogP contribution in [0.3, 0.4) is 0 Å². The van der Waals surface area contributed by atoms with Crippen molar-refractivity contribution < 1.29 is 4.79 Å². The van der Waals surface area contributed by atoms with E-state index in [1.165, 1.54) is 22.9 Å². The van der Waals surface area contributed by atoms with Gasteiger partial charge in [-0.15, -0.1) is 0 Å². The maximum absolute atomic E-state index is 11.7. The molecule has 0 fully saturated rings. The Morgan fingerprint density at radius 1 is 1.38 bits per heavy atom. The molecule has 21 heavy (non-hydrogen) atoms. The van der Waals surface area contributed by atoms with Gasteiger partial charge in [-0.3, -0.25) is 9.36 Å². The molecule has 5 heteroatoms. The lowest BCUT2D eigenvalue weighted by Crippen LogP contribution is -2.25. The molecule has 0 atom stereocenters. The topological polar surface area (TPSA) is 46.9 Å². The molecule has 0 saturated carbocycles. The number of aryl methyl sites for hydroxylation is 2. The van der Waals surface area contributed by atoms with Crippen LogP contribution in [0.15, 0.2) is 35.7 Å². The highest BCUT2D eigenvalue weighted by Crippen LogP contribution is 2.23. The molecule has 0 radical (unpaired) electrons. The first-order valence-corrected chi connectivity index (χ1v) is 8.11. The van der Waals surface area contributed by atoms with Crippen LogP contribution in [0.25, 0.3) is 5.69 Å². The number of carbonyl (C=O) groups excluding carboxylic acids is 1. The number of aromatic nitrogens is 2. The fourth-order valence-corrected chi connectivity index (χ4v) is 2.90. The zero-order valence-electron chi connectivity index (χ0n) is 12.7. The van der Waals surface area contributed by atoms with Gasteiger partial charge < -0.3 is 5.32 Å². The van der Waals surface area contributed by atoms with E-state index in [9.17, 15) is 4.79 Å². The number of carbonyl (C=O) groups is 1. The summed E-state index contributed by atoms with van der Waals surface area (Å²) in [6, 6.07) is 6.33.